The summed E-state index contributed by atoms with van der Waals surface area (Å²) in [5.41, 5.74) is 1.16. The maximum atomic E-state index is 13.4. The molecule has 2 aliphatic rings. The molecule has 0 radical (unpaired) electrons. The highest BCUT2D eigenvalue weighted by Gasteiger charge is 2.31. The first kappa shape index (κ1) is 20.4. The van der Waals surface area contributed by atoms with Crippen LogP contribution in [0, 0.1) is 11.7 Å². The van der Waals surface area contributed by atoms with Gasteiger partial charge in [-0.2, -0.15) is 0 Å². The second-order valence-corrected chi connectivity index (χ2v) is 8.30. The summed E-state index contributed by atoms with van der Waals surface area (Å²) in [7, 11) is 1.73. The van der Waals surface area contributed by atoms with Gasteiger partial charge in [0.25, 0.3) is 0 Å². The van der Waals surface area contributed by atoms with Gasteiger partial charge in [0, 0.05) is 38.2 Å². The normalized spacial score (nSPS) is 21.3. The van der Waals surface area contributed by atoms with Crippen LogP contribution in [0.25, 0.3) is 0 Å². The fourth-order valence-corrected chi connectivity index (χ4v) is 4.49. The molecule has 0 bridgehead atoms. The number of ether oxygens (including phenoxy) is 4. The van der Waals surface area contributed by atoms with Gasteiger partial charge in [-0.15, -0.1) is 0 Å². The lowest BCUT2D eigenvalue weighted by atomic mass is 9.81. The second-order valence-electron chi connectivity index (χ2n) is 7.45. The molecule has 29 heavy (non-hydrogen) atoms. The quantitative estimate of drug-likeness (QED) is 0.603. The van der Waals surface area contributed by atoms with Gasteiger partial charge < -0.3 is 23.8 Å². The molecule has 2 aromatic carbocycles. The Morgan fingerprint density at radius 1 is 1.17 bits per heavy atom. The molecule has 4 rings (SSSR count). The molecule has 2 aromatic rings. The van der Waals surface area contributed by atoms with Crippen molar-refractivity contribution in [1.29, 1.82) is 0 Å². The molecule has 0 N–H and O–H groups in total. The number of nitrogens with zero attached hydrogens (tertiary/aromatic N) is 1. The lowest BCUT2D eigenvalue weighted by molar-refractivity contribution is 0.0831. The lowest BCUT2D eigenvalue weighted by Crippen LogP contribution is -2.43. The molecule has 1 fully saturated rings. The van der Waals surface area contributed by atoms with Gasteiger partial charge >= 0.3 is 0 Å². The number of halogens is 2. The van der Waals surface area contributed by atoms with Crippen molar-refractivity contribution in [3.8, 4) is 17.2 Å². The highest BCUT2D eigenvalue weighted by Crippen LogP contribution is 2.41. The SMILES string of the molecule is COCCN1CC[C@@H](c2ccc(F)cc2)[C@H](COc2cc3c(cc2Br)OCO3)C1. The summed E-state index contributed by atoms with van der Waals surface area (Å²) in [6.45, 7) is 4.31. The van der Waals surface area contributed by atoms with Gasteiger partial charge in [-0.1, -0.05) is 12.1 Å². The monoisotopic (exact) mass is 465 g/mol. The molecule has 1 saturated heterocycles. The molecule has 0 saturated carbocycles. The minimum atomic E-state index is -0.205. The van der Waals surface area contributed by atoms with Gasteiger partial charge in [0.15, 0.2) is 11.5 Å². The highest BCUT2D eigenvalue weighted by molar-refractivity contribution is 9.10. The van der Waals surface area contributed by atoms with Crippen LogP contribution in [-0.4, -0.2) is 51.7 Å². The smallest absolute Gasteiger partial charge is 0.231 e. The summed E-state index contributed by atoms with van der Waals surface area (Å²) in [5.74, 6) is 2.55. The zero-order valence-corrected chi connectivity index (χ0v) is 18.0. The second kappa shape index (κ2) is 9.32. The average molecular weight is 466 g/mol. The molecule has 156 valence electrons. The van der Waals surface area contributed by atoms with Crippen LogP contribution >= 0.6 is 15.9 Å². The van der Waals surface area contributed by atoms with Crippen molar-refractivity contribution in [2.45, 2.75) is 12.3 Å². The van der Waals surface area contributed by atoms with Gasteiger partial charge in [-0.05, 0) is 52.5 Å². The van der Waals surface area contributed by atoms with Crippen molar-refractivity contribution in [3.63, 3.8) is 0 Å². The molecule has 7 heteroatoms. The minimum absolute atomic E-state index is 0.205. The first-order valence-electron chi connectivity index (χ1n) is 9.82. The average Bonchev–Trinajstić information content (AvgIpc) is 3.18. The number of benzene rings is 2. The number of piperidine rings is 1. The Morgan fingerprint density at radius 2 is 1.93 bits per heavy atom. The van der Waals surface area contributed by atoms with Crippen molar-refractivity contribution in [2.75, 3.05) is 46.8 Å². The largest absolute Gasteiger partial charge is 0.492 e. The fourth-order valence-electron chi connectivity index (χ4n) is 4.05. The molecule has 0 spiro atoms. The number of fused-ring (bicyclic) bond motifs is 1. The third-order valence-corrected chi connectivity index (χ3v) is 6.23. The Kier molecular flexibility index (Phi) is 6.57. The first-order chi connectivity index (χ1) is 14.1. The van der Waals surface area contributed by atoms with E-state index in [1.54, 1.807) is 19.2 Å². The van der Waals surface area contributed by atoms with E-state index in [1.807, 2.05) is 24.3 Å². The number of rotatable bonds is 7. The van der Waals surface area contributed by atoms with E-state index in [0.29, 0.717) is 24.9 Å². The molecule has 2 heterocycles. The van der Waals surface area contributed by atoms with Crippen LogP contribution in [0.2, 0.25) is 0 Å². The van der Waals surface area contributed by atoms with E-state index in [1.165, 1.54) is 0 Å². The molecule has 2 atom stereocenters. The Hall–Kier alpha value is -1.83. The highest BCUT2D eigenvalue weighted by atomic mass is 79.9. The zero-order valence-electron chi connectivity index (χ0n) is 16.4. The first-order valence-corrected chi connectivity index (χ1v) is 10.6. The van der Waals surface area contributed by atoms with Gasteiger partial charge in [0.1, 0.15) is 11.6 Å². The third kappa shape index (κ3) is 4.85. The summed E-state index contributed by atoms with van der Waals surface area (Å²) in [4.78, 5) is 2.41. The maximum Gasteiger partial charge on any atom is 0.231 e. The molecular formula is C22H25BrFNO4. The standard InChI is InChI=1S/C22H25BrFNO4/c1-26-9-8-25-7-6-18(15-2-4-17(24)5-3-15)16(12-25)13-27-20-11-22-21(10-19(20)23)28-14-29-22/h2-5,10-11,16,18H,6-9,12-14H2,1H3/t16-,18-/m0/s1. The summed E-state index contributed by atoms with van der Waals surface area (Å²) in [5, 5.41) is 0. The Labute approximate surface area is 178 Å². The van der Waals surface area contributed by atoms with Crippen LogP contribution < -0.4 is 14.2 Å². The molecule has 5 nitrogen and oxygen atoms in total. The number of likely N-dealkylation sites (tertiary alicyclic amines) is 1. The lowest BCUT2D eigenvalue weighted by Gasteiger charge is -2.38. The van der Waals surface area contributed by atoms with Crippen LogP contribution in [0.4, 0.5) is 4.39 Å². The van der Waals surface area contributed by atoms with E-state index in [0.717, 1.165) is 47.6 Å². The van der Waals surface area contributed by atoms with E-state index >= 15 is 0 Å². The van der Waals surface area contributed by atoms with Gasteiger partial charge in [-0.3, -0.25) is 0 Å². The third-order valence-electron chi connectivity index (χ3n) is 5.61. The molecule has 0 unspecified atom stereocenters. The van der Waals surface area contributed by atoms with Gasteiger partial charge in [0.2, 0.25) is 6.79 Å². The maximum absolute atomic E-state index is 13.4. The molecule has 2 aliphatic heterocycles. The van der Waals surface area contributed by atoms with Crippen molar-refractivity contribution in [2.24, 2.45) is 5.92 Å². The van der Waals surface area contributed by atoms with Crippen molar-refractivity contribution in [3.05, 3.63) is 52.3 Å². The summed E-state index contributed by atoms with van der Waals surface area (Å²) in [6, 6.07) is 10.6. The number of hydrogen-bond donors (Lipinski definition) is 0. The Balaban J connectivity index is 1.49. The summed E-state index contributed by atoms with van der Waals surface area (Å²) < 4.78 is 36.6. The van der Waals surface area contributed by atoms with Crippen LogP contribution in [0.15, 0.2) is 40.9 Å². The van der Waals surface area contributed by atoms with Gasteiger partial charge in [-0.25, -0.2) is 4.39 Å². The van der Waals surface area contributed by atoms with E-state index in [4.69, 9.17) is 18.9 Å². The predicted octanol–water partition coefficient (Wildman–Crippen LogP) is 4.45. The van der Waals surface area contributed by atoms with E-state index < -0.39 is 0 Å². The topological polar surface area (TPSA) is 40.2 Å². The Bertz CT molecular complexity index is 832. The molecule has 0 aromatic heterocycles. The van der Waals surface area contributed by atoms with Gasteiger partial charge in [0.05, 0.1) is 17.7 Å². The van der Waals surface area contributed by atoms with Crippen LogP contribution in [-0.2, 0) is 4.74 Å². The molecular weight excluding hydrogens is 441 g/mol. The van der Waals surface area contributed by atoms with Crippen LogP contribution in [0.3, 0.4) is 0 Å². The summed E-state index contributed by atoms with van der Waals surface area (Å²) in [6.07, 6.45) is 1.01. The Morgan fingerprint density at radius 3 is 2.69 bits per heavy atom. The number of hydrogen-bond acceptors (Lipinski definition) is 5. The van der Waals surface area contributed by atoms with Crippen molar-refractivity contribution >= 4 is 15.9 Å². The molecule has 0 aliphatic carbocycles. The van der Waals surface area contributed by atoms with E-state index in [2.05, 4.69) is 20.8 Å². The van der Waals surface area contributed by atoms with E-state index in [-0.39, 0.29) is 18.5 Å². The van der Waals surface area contributed by atoms with E-state index in [9.17, 15) is 4.39 Å². The van der Waals surface area contributed by atoms with Crippen molar-refractivity contribution in [1.82, 2.24) is 4.90 Å². The predicted molar refractivity (Wildman–Crippen MR) is 111 cm³/mol. The summed E-state index contributed by atoms with van der Waals surface area (Å²) >= 11 is 3.56. The minimum Gasteiger partial charge on any atom is -0.492 e. The van der Waals surface area contributed by atoms with Crippen LogP contribution in [0.5, 0.6) is 17.2 Å². The van der Waals surface area contributed by atoms with Crippen LogP contribution in [0.1, 0.15) is 17.9 Å². The molecule has 0 amide bonds. The zero-order chi connectivity index (χ0) is 20.2. The number of methoxy groups -OCH3 is 1. The van der Waals surface area contributed by atoms with Crippen molar-refractivity contribution < 1.29 is 23.3 Å². The fraction of sp³-hybridized carbons (Fsp3) is 0.455.